The fourth-order valence-corrected chi connectivity index (χ4v) is 3.90. The number of aliphatic carboxylic acids is 1. The van der Waals surface area contributed by atoms with E-state index in [-0.39, 0.29) is 6.42 Å². The molecule has 2 aromatic rings. The number of aromatic amines is 1. The van der Waals surface area contributed by atoms with Gasteiger partial charge in [-0.05, 0) is 30.5 Å². The molecular weight excluding hydrogens is 325 g/mol. The topological polar surface area (TPSA) is 62.3 Å². The first-order chi connectivity index (χ1) is 10.5. The molecule has 0 bridgehead atoms. The Labute approximate surface area is 138 Å². The second kappa shape index (κ2) is 5.76. The highest BCUT2D eigenvalue weighted by Gasteiger charge is 2.42. The van der Waals surface area contributed by atoms with Crippen LogP contribution in [-0.4, -0.2) is 22.7 Å². The summed E-state index contributed by atoms with van der Waals surface area (Å²) in [5.41, 5.74) is 1.77. The summed E-state index contributed by atoms with van der Waals surface area (Å²) in [4.78, 5) is 14.7. The summed E-state index contributed by atoms with van der Waals surface area (Å²) in [5.74, 6) is -0.878. The predicted molar refractivity (Wildman–Crippen MR) is 86.8 cm³/mol. The summed E-state index contributed by atoms with van der Waals surface area (Å²) < 4.78 is 5.95. The lowest BCUT2D eigenvalue weighted by Crippen LogP contribution is -2.37. The highest BCUT2D eigenvalue weighted by atomic mass is 35.5. The molecule has 0 unspecified atom stereocenters. The molecule has 0 radical (unpaired) electrons. The molecule has 0 saturated carbocycles. The summed E-state index contributed by atoms with van der Waals surface area (Å²) in [6.45, 7) is 2.50. The van der Waals surface area contributed by atoms with Gasteiger partial charge in [0.05, 0.1) is 34.3 Å². The quantitative estimate of drug-likeness (QED) is 0.859. The lowest BCUT2D eigenvalue weighted by atomic mass is 9.85. The number of rotatable bonds is 4. The van der Waals surface area contributed by atoms with E-state index >= 15 is 0 Å². The predicted octanol–water partition coefficient (Wildman–Crippen LogP) is 4.52. The van der Waals surface area contributed by atoms with Crippen LogP contribution >= 0.6 is 23.2 Å². The number of carboxylic acids is 1. The molecule has 2 heterocycles. The molecule has 118 valence electrons. The molecule has 1 atom stereocenters. The Bertz CT molecular complexity index is 741. The first-order valence-corrected chi connectivity index (χ1v) is 8.09. The number of benzene rings is 1. The molecule has 0 amide bonds. The van der Waals surface area contributed by atoms with Gasteiger partial charge >= 0.3 is 5.97 Å². The average molecular weight is 342 g/mol. The standard InChI is InChI=1S/C16H17Cl2NO3/c1-2-6-16(8-12(20)21)15-9(5-7-22-16)13-10(17)3-4-11(18)14(13)19-15/h3-4,19H,2,5-8H2,1H3,(H,20,21)/t16-/m1/s1. The van der Waals surface area contributed by atoms with Crippen LogP contribution in [-0.2, 0) is 21.6 Å². The second-order valence-corrected chi connectivity index (χ2v) is 6.49. The Balaban J connectivity index is 2.27. The number of carboxylic acid groups (broad SMARTS) is 1. The lowest BCUT2D eigenvalue weighted by Gasteiger charge is -2.36. The molecule has 0 aliphatic carbocycles. The molecule has 1 aliphatic rings. The van der Waals surface area contributed by atoms with Gasteiger partial charge in [0.1, 0.15) is 5.60 Å². The van der Waals surface area contributed by atoms with E-state index in [1.54, 1.807) is 12.1 Å². The number of hydrogen-bond acceptors (Lipinski definition) is 2. The van der Waals surface area contributed by atoms with Crippen LogP contribution in [0.4, 0.5) is 0 Å². The molecule has 1 aromatic heterocycles. The third-order valence-corrected chi connectivity index (χ3v) is 4.86. The van der Waals surface area contributed by atoms with Crippen molar-refractivity contribution in [3.8, 4) is 0 Å². The van der Waals surface area contributed by atoms with Crippen molar-refractivity contribution >= 4 is 40.1 Å². The van der Waals surface area contributed by atoms with E-state index in [0.717, 1.165) is 28.6 Å². The van der Waals surface area contributed by atoms with E-state index in [0.29, 0.717) is 29.5 Å². The summed E-state index contributed by atoms with van der Waals surface area (Å²) in [6, 6.07) is 3.52. The molecule has 0 saturated heterocycles. The maximum Gasteiger partial charge on any atom is 0.306 e. The number of fused-ring (bicyclic) bond motifs is 3. The van der Waals surface area contributed by atoms with Crippen molar-refractivity contribution in [1.82, 2.24) is 4.98 Å². The molecule has 1 aliphatic heterocycles. The third kappa shape index (κ3) is 2.39. The van der Waals surface area contributed by atoms with Crippen LogP contribution in [0.3, 0.4) is 0 Å². The zero-order valence-electron chi connectivity index (χ0n) is 12.2. The van der Waals surface area contributed by atoms with Gasteiger partial charge in [-0.15, -0.1) is 0 Å². The van der Waals surface area contributed by atoms with E-state index in [9.17, 15) is 9.90 Å². The van der Waals surface area contributed by atoms with Crippen LogP contribution in [0.15, 0.2) is 12.1 Å². The van der Waals surface area contributed by atoms with Crippen molar-refractivity contribution < 1.29 is 14.6 Å². The maximum atomic E-state index is 11.4. The van der Waals surface area contributed by atoms with Crippen LogP contribution < -0.4 is 0 Å². The number of halogens is 2. The molecule has 6 heteroatoms. The monoisotopic (exact) mass is 341 g/mol. The van der Waals surface area contributed by atoms with Gasteiger partial charge < -0.3 is 14.8 Å². The first-order valence-electron chi connectivity index (χ1n) is 7.33. The Kier molecular flexibility index (Phi) is 4.10. The molecule has 4 nitrogen and oxygen atoms in total. The Morgan fingerprint density at radius 2 is 2.14 bits per heavy atom. The zero-order valence-corrected chi connectivity index (χ0v) is 13.7. The molecule has 0 spiro atoms. The third-order valence-electron chi connectivity index (χ3n) is 4.23. The van der Waals surface area contributed by atoms with Gasteiger partial charge in [0, 0.05) is 5.39 Å². The molecular formula is C16H17Cl2NO3. The summed E-state index contributed by atoms with van der Waals surface area (Å²) >= 11 is 12.6. The van der Waals surface area contributed by atoms with Crippen LogP contribution in [0.25, 0.3) is 10.9 Å². The Morgan fingerprint density at radius 3 is 2.82 bits per heavy atom. The number of carbonyl (C=O) groups is 1. The molecule has 0 fully saturated rings. The number of nitrogens with one attached hydrogen (secondary N) is 1. The van der Waals surface area contributed by atoms with Gasteiger partial charge in [-0.1, -0.05) is 36.5 Å². The minimum absolute atomic E-state index is 0.0735. The molecule has 1 aromatic carbocycles. The van der Waals surface area contributed by atoms with Crippen molar-refractivity contribution in [2.75, 3.05) is 6.61 Å². The minimum Gasteiger partial charge on any atom is -0.481 e. The van der Waals surface area contributed by atoms with Gasteiger partial charge in [-0.2, -0.15) is 0 Å². The smallest absolute Gasteiger partial charge is 0.306 e. The van der Waals surface area contributed by atoms with Gasteiger partial charge in [0.15, 0.2) is 0 Å². The normalized spacial score (nSPS) is 21.0. The lowest BCUT2D eigenvalue weighted by molar-refractivity contribution is -0.149. The van der Waals surface area contributed by atoms with E-state index < -0.39 is 11.6 Å². The summed E-state index contributed by atoms with van der Waals surface area (Å²) in [6.07, 6.45) is 2.08. The van der Waals surface area contributed by atoms with E-state index in [4.69, 9.17) is 27.9 Å². The second-order valence-electron chi connectivity index (χ2n) is 5.67. The Morgan fingerprint density at radius 1 is 1.41 bits per heavy atom. The van der Waals surface area contributed by atoms with Crippen LogP contribution in [0.5, 0.6) is 0 Å². The van der Waals surface area contributed by atoms with Crippen LogP contribution in [0, 0.1) is 0 Å². The SMILES string of the molecule is CCC[C@]1(CC(=O)O)OCCc2c1[nH]c1c(Cl)ccc(Cl)c21. The fourth-order valence-electron chi connectivity index (χ4n) is 3.43. The fraction of sp³-hybridized carbons (Fsp3) is 0.438. The number of hydrogen-bond donors (Lipinski definition) is 2. The van der Waals surface area contributed by atoms with Crippen molar-refractivity contribution in [3.63, 3.8) is 0 Å². The largest absolute Gasteiger partial charge is 0.481 e. The number of ether oxygens (including phenoxy) is 1. The van der Waals surface area contributed by atoms with E-state index in [1.807, 2.05) is 6.92 Å². The number of H-pyrrole nitrogens is 1. The van der Waals surface area contributed by atoms with Crippen LogP contribution in [0.1, 0.15) is 37.4 Å². The minimum atomic E-state index is -0.878. The van der Waals surface area contributed by atoms with Crippen molar-refractivity contribution in [3.05, 3.63) is 33.4 Å². The van der Waals surface area contributed by atoms with Gasteiger partial charge in [-0.25, -0.2) is 0 Å². The van der Waals surface area contributed by atoms with Gasteiger partial charge in [0.2, 0.25) is 0 Å². The van der Waals surface area contributed by atoms with E-state index in [2.05, 4.69) is 4.98 Å². The zero-order chi connectivity index (χ0) is 15.9. The van der Waals surface area contributed by atoms with E-state index in [1.165, 1.54) is 0 Å². The highest BCUT2D eigenvalue weighted by molar-refractivity contribution is 6.40. The Hall–Kier alpha value is -1.23. The molecule has 2 N–H and O–H groups in total. The summed E-state index contributed by atoms with van der Waals surface area (Å²) in [5, 5.41) is 11.4. The van der Waals surface area contributed by atoms with Crippen molar-refractivity contribution in [2.45, 2.75) is 38.2 Å². The van der Waals surface area contributed by atoms with Crippen LogP contribution in [0.2, 0.25) is 10.0 Å². The average Bonchev–Trinajstić information content (AvgIpc) is 2.85. The number of aromatic nitrogens is 1. The summed E-state index contributed by atoms with van der Waals surface area (Å²) in [7, 11) is 0. The van der Waals surface area contributed by atoms with Crippen molar-refractivity contribution in [2.24, 2.45) is 0 Å². The maximum absolute atomic E-state index is 11.4. The molecule has 22 heavy (non-hydrogen) atoms. The first kappa shape index (κ1) is 15.7. The van der Waals surface area contributed by atoms with Gasteiger partial charge in [-0.3, -0.25) is 4.79 Å². The van der Waals surface area contributed by atoms with Gasteiger partial charge in [0.25, 0.3) is 0 Å². The molecule has 3 rings (SSSR count). The highest BCUT2D eigenvalue weighted by Crippen LogP contribution is 2.45. The van der Waals surface area contributed by atoms with Crippen molar-refractivity contribution in [1.29, 1.82) is 0 Å².